The largest absolute Gasteiger partial charge is 0.434 e. The number of piperidine rings is 1. The van der Waals surface area contributed by atoms with Crippen LogP contribution < -0.4 is 15.4 Å². The molecule has 2 rings (SSSR count). The van der Waals surface area contributed by atoms with E-state index in [0.29, 0.717) is 24.1 Å². The van der Waals surface area contributed by atoms with Gasteiger partial charge < -0.3 is 20.3 Å². The standard InChI is InChI=1S/C18H27BrF2N4O.HI/c1-3-8-25-9-6-15(7-10-25)24-18(22-2)23-12-13-11-14(19)4-5-16(13)26-17(20)21;/h4-5,11,15,17H,3,6-10,12H2,1-2H3,(H2,22,23,24);1H. The van der Waals surface area contributed by atoms with Gasteiger partial charge in [0.25, 0.3) is 0 Å². The van der Waals surface area contributed by atoms with Crippen molar-refractivity contribution in [3.63, 3.8) is 0 Å². The van der Waals surface area contributed by atoms with Crippen molar-refractivity contribution < 1.29 is 13.5 Å². The predicted molar refractivity (Wildman–Crippen MR) is 119 cm³/mol. The van der Waals surface area contributed by atoms with Gasteiger partial charge >= 0.3 is 6.61 Å². The van der Waals surface area contributed by atoms with Crippen molar-refractivity contribution >= 4 is 45.9 Å². The Balaban J connectivity index is 0.00000364. The molecule has 154 valence electrons. The van der Waals surface area contributed by atoms with Crippen LogP contribution in [-0.4, -0.2) is 50.2 Å². The van der Waals surface area contributed by atoms with E-state index in [1.807, 2.05) is 0 Å². The average molecular weight is 561 g/mol. The first-order valence-electron chi connectivity index (χ1n) is 8.94. The zero-order valence-corrected chi connectivity index (χ0v) is 19.6. The Kier molecular flexibility index (Phi) is 11.5. The number of halogens is 4. The Labute approximate surface area is 185 Å². The predicted octanol–water partition coefficient (Wildman–Crippen LogP) is 4.21. The molecule has 5 nitrogen and oxygen atoms in total. The van der Waals surface area contributed by atoms with Crippen molar-refractivity contribution in [2.75, 3.05) is 26.7 Å². The highest BCUT2D eigenvalue weighted by atomic mass is 127. The highest BCUT2D eigenvalue weighted by Gasteiger charge is 2.19. The molecule has 0 aromatic heterocycles. The van der Waals surface area contributed by atoms with Crippen LogP contribution in [0, 0.1) is 0 Å². The van der Waals surface area contributed by atoms with E-state index >= 15 is 0 Å². The highest BCUT2D eigenvalue weighted by molar-refractivity contribution is 14.0. The van der Waals surface area contributed by atoms with Crippen molar-refractivity contribution in [2.45, 2.75) is 45.4 Å². The minimum Gasteiger partial charge on any atom is -0.434 e. The number of rotatable bonds is 7. The topological polar surface area (TPSA) is 48.9 Å². The minimum absolute atomic E-state index is 0. The molecule has 9 heteroatoms. The van der Waals surface area contributed by atoms with Crippen LogP contribution in [0.3, 0.4) is 0 Å². The van der Waals surface area contributed by atoms with Crippen LogP contribution in [0.15, 0.2) is 27.7 Å². The number of nitrogens with one attached hydrogen (secondary N) is 2. The number of ether oxygens (including phenoxy) is 1. The lowest BCUT2D eigenvalue weighted by Crippen LogP contribution is -2.48. The molecule has 0 radical (unpaired) electrons. The second-order valence-corrected chi connectivity index (χ2v) is 7.23. The molecule has 0 amide bonds. The summed E-state index contributed by atoms with van der Waals surface area (Å²) in [6.45, 7) is 3.01. The first-order chi connectivity index (χ1) is 12.5. The van der Waals surface area contributed by atoms with E-state index in [2.05, 4.69) is 48.1 Å². The third-order valence-electron chi connectivity index (χ3n) is 4.38. The monoisotopic (exact) mass is 560 g/mol. The van der Waals surface area contributed by atoms with Crippen LogP contribution in [0.1, 0.15) is 31.7 Å². The number of hydrogen-bond acceptors (Lipinski definition) is 3. The third-order valence-corrected chi connectivity index (χ3v) is 4.87. The van der Waals surface area contributed by atoms with Crippen LogP contribution in [0.2, 0.25) is 0 Å². The van der Waals surface area contributed by atoms with Crippen LogP contribution in [-0.2, 0) is 6.54 Å². The fourth-order valence-corrected chi connectivity index (χ4v) is 3.49. The number of aliphatic imine (C=N–C) groups is 1. The lowest BCUT2D eigenvalue weighted by molar-refractivity contribution is -0.0504. The first kappa shape index (κ1) is 24.4. The van der Waals surface area contributed by atoms with Gasteiger partial charge in [-0.15, -0.1) is 24.0 Å². The van der Waals surface area contributed by atoms with Crippen molar-refractivity contribution in [2.24, 2.45) is 4.99 Å². The van der Waals surface area contributed by atoms with Gasteiger partial charge in [-0.05, 0) is 44.0 Å². The molecule has 0 unspecified atom stereocenters. The number of benzene rings is 1. The van der Waals surface area contributed by atoms with E-state index in [9.17, 15) is 8.78 Å². The molecule has 1 aromatic rings. The zero-order valence-electron chi connectivity index (χ0n) is 15.7. The Hall–Kier alpha value is -0.680. The lowest BCUT2D eigenvalue weighted by atomic mass is 10.1. The first-order valence-corrected chi connectivity index (χ1v) is 9.74. The number of guanidine groups is 1. The number of nitrogens with zero attached hydrogens (tertiary/aromatic N) is 2. The Morgan fingerprint density at radius 1 is 1.37 bits per heavy atom. The number of likely N-dealkylation sites (tertiary alicyclic amines) is 1. The Morgan fingerprint density at radius 2 is 2.07 bits per heavy atom. The van der Waals surface area contributed by atoms with Crippen LogP contribution in [0.4, 0.5) is 8.78 Å². The maximum absolute atomic E-state index is 12.6. The highest BCUT2D eigenvalue weighted by Crippen LogP contribution is 2.24. The molecule has 1 fully saturated rings. The molecule has 1 heterocycles. The van der Waals surface area contributed by atoms with Gasteiger partial charge in [-0.25, -0.2) is 0 Å². The van der Waals surface area contributed by atoms with Crippen LogP contribution in [0.5, 0.6) is 5.75 Å². The molecule has 1 saturated heterocycles. The van der Waals surface area contributed by atoms with Gasteiger partial charge in [-0.1, -0.05) is 22.9 Å². The SMILES string of the molecule is CCCN1CCC(NC(=NC)NCc2cc(Br)ccc2OC(F)F)CC1.I. The maximum atomic E-state index is 12.6. The Bertz CT molecular complexity index is 599. The third kappa shape index (κ3) is 8.47. The molecule has 0 spiro atoms. The lowest BCUT2D eigenvalue weighted by Gasteiger charge is -2.32. The summed E-state index contributed by atoms with van der Waals surface area (Å²) in [4.78, 5) is 6.72. The van der Waals surface area contributed by atoms with Gasteiger partial charge in [-0.3, -0.25) is 4.99 Å². The normalized spacial score (nSPS) is 16.1. The van der Waals surface area contributed by atoms with Crippen molar-refractivity contribution in [1.82, 2.24) is 15.5 Å². The second kappa shape index (κ2) is 12.7. The summed E-state index contributed by atoms with van der Waals surface area (Å²) in [7, 11) is 1.71. The zero-order chi connectivity index (χ0) is 18.9. The van der Waals surface area contributed by atoms with Gasteiger partial charge in [0.2, 0.25) is 0 Å². The minimum atomic E-state index is -2.85. The average Bonchev–Trinajstić information content (AvgIpc) is 2.62. The molecular formula is C18H28BrF2IN4O. The van der Waals surface area contributed by atoms with Crippen molar-refractivity contribution in [1.29, 1.82) is 0 Å². The fraction of sp³-hybridized carbons (Fsp3) is 0.611. The molecular weight excluding hydrogens is 533 g/mol. The van der Waals surface area contributed by atoms with Crippen molar-refractivity contribution in [3.05, 3.63) is 28.2 Å². The van der Waals surface area contributed by atoms with E-state index in [0.717, 1.165) is 36.9 Å². The summed E-state index contributed by atoms with van der Waals surface area (Å²) in [6, 6.07) is 5.35. The van der Waals surface area contributed by atoms with Gasteiger partial charge in [0.05, 0.1) is 0 Å². The van der Waals surface area contributed by atoms with Gasteiger partial charge in [0.15, 0.2) is 5.96 Å². The van der Waals surface area contributed by atoms with E-state index in [1.165, 1.54) is 12.5 Å². The van der Waals surface area contributed by atoms with E-state index in [4.69, 9.17) is 0 Å². The van der Waals surface area contributed by atoms with Crippen LogP contribution >= 0.6 is 39.9 Å². The van der Waals surface area contributed by atoms with E-state index in [-0.39, 0.29) is 29.7 Å². The second-order valence-electron chi connectivity index (χ2n) is 6.32. The van der Waals surface area contributed by atoms with E-state index < -0.39 is 6.61 Å². The van der Waals surface area contributed by atoms with Crippen molar-refractivity contribution in [3.8, 4) is 5.75 Å². The van der Waals surface area contributed by atoms with Crippen LogP contribution in [0.25, 0.3) is 0 Å². The summed E-state index contributed by atoms with van der Waals surface area (Å²) >= 11 is 3.36. The smallest absolute Gasteiger partial charge is 0.387 e. The number of alkyl halides is 2. The quantitative estimate of drug-likeness (QED) is 0.298. The Morgan fingerprint density at radius 3 is 2.67 bits per heavy atom. The molecule has 0 atom stereocenters. The molecule has 1 aromatic carbocycles. The van der Waals surface area contributed by atoms with Gasteiger partial charge in [0.1, 0.15) is 5.75 Å². The molecule has 27 heavy (non-hydrogen) atoms. The summed E-state index contributed by atoms with van der Waals surface area (Å²) in [5, 5.41) is 6.61. The fourth-order valence-electron chi connectivity index (χ4n) is 3.08. The molecule has 1 aliphatic heterocycles. The number of hydrogen-bond donors (Lipinski definition) is 2. The van der Waals surface area contributed by atoms with Gasteiger partial charge in [-0.2, -0.15) is 8.78 Å². The molecule has 1 aliphatic rings. The molecule has 2 N–H and O–H groups in total. The van der Waals surface area contributed by atoms with E-state index in [1.54, 1.807) is 19.2 Å². The summed E-state index contributed by atoms with van der Waals surface area (Å²) < 4.78 is 30.5. The molecule has 0 saturated carbocycles. The summed E-state index contributed by atoms with van der Waals surface area (Å²) in [5.41, 5.74) is 0.639. The summed E-state index contributed by atoms with van der Waals surface area (Å²) in [5.74, 6) is 0.834. The summed E-state index contributed by atoms with van der Waals surface area (Å²) in [6.07, 6.45) is 3.31. The maximum Gasteiger partial charge on any atom is 0.387 e. The molecule has 0 aliphatic carbocycles. The molecule has 0 bridgehead atoms. The van der Waals surface area contributed by atoms with Gasteiger partial charge in [0, 0.05) is 42.8 Å².